The zero-order valence-corrected chi connectivity index (χ0v) is 21.1. The highest BCUT2D eigenvalue weighted by Gasteiger charge is 2.23. The first kappa shape index (κ1) is 24.8. The third-order valence-corrected chi connectivity index (χ3v) is 6.72. The topological polar surface area (TPSA) is 62.5 Å². The summed E-state index contributed by atoms with van der Waals surface area (Å²) in [6, 6.07) is 37.3. The highest BCUT2D eigenvalue weighted by atomic mass is 16.3. The van der Waals surface area contributed by atoms with Gasteiger partial charge in [0.2, 0.25) is 0 Å². The van der Waals surface area contributed by atoms with Gasteiger partial charge in [0.15, 0.2) is 5.78 Å². The second-order valence-electron chi connectivity index (χ2n) is 9.07. The molecular weight excluding hydrogens is 472 g/mol. The van der Waals surface area contributed by atoms with Crippen molar-refractivity contribution in [1.82, 2.24) is 4.57 Å². The van der Waals surface area contributed by atoms with Crippen molar-refractivity contribution in [2.24, 2.45) is 7.05 Å². The number of allylic oxidation sites excluding steroid dienone is 1. The SMILES string of the molecule is Cn1c(=O)c(C(=O)C=CC[C@H](c2ccccc2)N(c2ccccc2)c2ccccc2)c(O)c2ccccc21. The molecular formula is C33H28N2O3. The van der Waals surface area contributed by atoms with Crippen LogP contribution in [0.2, 0.25) is 0 Å². The summed E-state index contributed by atoms with van der Waals surface area (Å²) in [6.45, 7) is 0. The number of aromatic hydroxyl groups is 1. The van der Waals surface area contributed by atoms with Crippen LogP contribution < -0.4 is 10.5 Å². The smallest absolute Gasteiger partial charge is 0.265 e. The Morgan fingerprint density at radius 3 is 1.95 bits per heavy atom. The predicted molar refractivity (Wildman–Crippen MR) is 153 cm³/mol. The molecule has 0 spiro atoms. The minimum atomic E-state index is -0.523. The number of hydrogen-bond donors (Lipinski definition) is 1. The van der Waals surface area contributed by atoms with Crippen LogP contribution in [0.15, 0.2) is 132 Å². The standard InChI is InChI=1S/C33H28N2O3/c1-34-29-21-12-11-20-27(29)32(37)31(33(34)38)30(36)23-13-22-28(24-14-5-2-6-15-24)35(25-16-7-3-8-17-25)26-18-9-4-10-19-26/h2-21,23,28,37H,22H2,1H3/t28-/m1/s1. The summed E-state index contributed by atoms with van der Waals surface area (Å²) in [5, 5.41) is 11.3. The highest BCUT2D eigenvalue weighted by Crippen LogP contribution is 2.37. The number of rotatable bonds is 8. The van der Waals surface area contributed by atoms with Gasteiger partial charge in [0, 0.05) is 23.8 Å². The van der Waals surface area contributed by atoms with Crippen molar-refractivity contribution < 1.29 is 9.90 Å². The van der Waals surface area contributed by atoms with Crippen LogP contribution in [0, 0.1) is 0 Å². The lowest BCUT2D eigenvalue weighted by Gasteiger charge is -2.34. The van der Waals surface area contributed by atoms with Crippen LogP contribution in [-0.4, -0.2) is 15.5 Å². The number of anilines is 2. The highest BCUT2D eigenvalue weighted by molar-refractivity contribution is 6.09. The van der Waals surface area contributed by atoms with Gasteiger partial charge in [-0.15, -0.1) is 0 Å². The van der Waals surface area contributed by atoms with Crippen molar-refractivity contribution in [3.8, 4) is 5.75 Å². The van der Waals surface area contributed by atoms with Gasteiger partial charge in [0.25, 0.3) is 5.56 Å². The maximum Gasteiger partial charge on any atom is 0.265 e. The van der Waals surface area contributed by atoms with Crippen molar-refractivity contribution in [3.05, 3.63) is 149 Å². The fraction of sp³-hybridized carbons (Fsp3) is 0.0909. The van der Waals surface area contributed by atoms with Crippen molar-refractivity contribution in [2.75, 3.05) is 4.90 Å². The van der Waals surface area contributed by atoms with E-state index in [1.807, 2.05) is 54.6 Å². The molecule has 0 bridgehead atoms. The lowest BCUT2D eigenvalue weighted by Crippen LogP contribution is -2.24. The van der Waals surface area contributed by atoms with Crippen LogP contribution in [0.5, 0.6) is 5.75 Å². The Morgan fingerprint density at radius 1 is 0.816 bits per heavy atom. The summed E-state index contributed by atoms with van der Waals surface area (Å²) in [5.41, 5.74) is 2.96. The van der Waals surface area contributed by atoms with E-state index in [4.69, 9.17) is 0 Å². The molecule has 0 saturated heterocycles. The van der Waals surface area contributed by atoms with E-state index >= 15 is 0 Å². The number of benzene rings is 4. The summed E-state index contributed by atoms with van der Waals surface area (Å²) in [5.74, 6) is -0.806. The molecule has 0 aliphatic heterocycles. The Hall–Kier alpha value is -4.90. The molecule has 0 aliphatic rings. The minimum absolute atomic E-state index is 0.127. The number of carbonyl (C=O) groups is 1. The largest absolute Gasteiger partial charge is 0.506 e. The number of nitrogens with zero attached hydrogens (tertiary/aromatic N) is 2. The van der Waals surface area contributed by atoms with E-state index in [-0.39, 0.29) is 17.4 Å². The van der Waals surface area contributed by atoms with Gasteiger partial charge >= 0.3 is 0 Å². The van der Waals surface area contributed by atoms with Gasteiger partial charge < -0.3 is 14.6 Å². The average Bonchev–Trinajstić information content (AvgIpc) is 2.97. The number of para-hydroxylation sites is 3. The lowest BCUT2D eigenvalue weighted by molar-refractivity contribution is 0.104. The van der Waals surface area contributed by atoms with Crippen LogP contribution in [0.1, 0.15) is 28.4 Å². The van der Waals surface area contributed by atoms with E-state index in [0.29, 0.717) is 17.3 Å². The van der Waals surface area contributed by atoms with E-state index in [0.717, 1.165) is 16.9 Å². The van der Waals surface area contributed by atoms with Crippen LogP contribution >= 0.6 is 0 Å². The Bertz CT molecular complexity index is 1600. The van der Waals surface area contributed by atoms with Crippen LogP contribution in [-0.2, 0) is 7.05 Å². The first-order chi connectivity index (χ1) is 18.6. The average molecular weight is 501 g/mol. The van der Waals surface area contributed by atoms with Gasteiger partial charge in [-0.05, 0) is 54.5 Å². The number of aryl methyl sites for hydroxylation is 1. The normalized spacial score (nSPS) is 12.0. The van der Waals surface area contributed by atoms with Crippen LogP contribution in [0.4, 0.5) is 11.4 Å². The quantitative estimate of drug-likeness (QED) is 0.185. The van der Waals surface area contributed by atoms with E-state index in [1.165, 1.54) is 10.6 Å². The van der Waals surface area contributed by atoms with Crippen LogP contribution in [0.25, 0.3) is 10.9 Å². The molecule has 0 fully saturated rings. The zero-order chi connectivity index (χ0) is 26.5. The Morgan fingerprint density at radius 2 is 1.34 bits per heavy atom. The summed E-state index contributed by atoms with van der Waals surface area (Å²) in [7, 11) is 1.60. The monoisotopic (exact) mass is 500 g/mol. The number of hydrogen-bond acceptors (Lipinski definition) is 4. The van der Waals surface area contributed by atoms with Gasteiger partial charge in [0.05, 0.1) is 11.6 Å². The summed E-state index contributed by atoms with van der Waals surface area (Å²) in [4.78, 5) is 28.5. The molecule has 1 aromatic heterocycles. The van der Waals surface area contributed by atoms with Crippen molar-refractivity contribution in [3.63, 3.8) is 0 Å². The van der Waals surface area contributed by atoms with Gasteiger partial charge in [0.1, 0.15) is 11.3 Å². The second kappa shape index (κ2) is 11.0. The molecule has 1 N–H and O–H groups in total. The first-order valence-corrected chi connectivity index (χ1v) is 12.5. The van der Waals surface area contributed by atoms with Gasteiger partial charge in [-0.3, -0.25) is 9.59 Å². The third kappa shape index (κ3) is 4.87. The molecule has 5 rings (SSSR count). The van der Waals surface area contributed by atoms with Gasteiger partial charge in [-0.25, -0.2) is 0 Å². The molecule has 38 heavy (non-hydrogen) atoms. The van der Waals surface area contributed by atoms with Crippen molar-refractivity contribution in [1.29, 1.82) is 0 Å². The fourth-order valence-electron chi connectivity index (χ4n) is 4.84. The first-order valence-electron chi connectivity index (χ1n) is 12.5. The molecule has 1 heterocycles. The molecule has 5 aromatic rings. The van der Waals surface area contributed by atoms with Crippen molar-refractivity contribution >= 4 is 28.1 Å². The van der Waals surface area contributed by atoms with Crippen molar-refractivity contribution in [2.45, 2.75) is 12.5 Å². The predicted octanol–water partition coefficient (Wildman–Crippen LogP) is 6.95. The number of aromatic nitrogens is 1. The summed E-state index contributed by atoms with van der Waals surface area (Å²) in [6.07, 6.45) is 3.68. The maximum atomic E-state index is 13.2. The maximum absolute atomic E-state index is 13.2. The van der Waals surface area contributed by atoms with Crippen LogP contribution in [0.3, 0.4) is 0 Å². The second-order valence-corrected chi connectivity index (χ2v) is 9.07. The fourth-order valence-corrected chi connectivity index (χ4v) is 4.84. The zero-order valence-electron chi connectivity index (χ0n) is 21.1. The molecule has 0 aliphatic carbocycles. The molecule has 188 valence electrons. The Balaban J connectivity index is 1.53. The number of pyridine rings is 1. The molecule has 5 heteroatoms. The van der Waals surface area contributed by atoms with E-state index in [1.54, 1.807) is 37.4 Å². The molecule has 0 saturated carbocycles. The van der Waals surface area contributed by atoms with Gasteiger partial charge in [-0.1, -0.05) is 84.9 Å². The third-order valence-electron chi connectivity index (χ3n) is 6.72. The molecule has 0 amide bonds. The molecule has 0 unspecified atom stereocenters. The summed E-state index contributed by atoms with van der Waals surface area (Å²) >= 11 is 0. The lowest BCUT2D eigenvalue weighted by atomic mass is 9.99. The number of fused-ring (bicyclic) bond motifs is 1. The molecule has 0 radical (unpaired) electrons. The van der Waals surface area contributed by atoms with E-state index in [9.17, 15) is 14.7 Å². The molecule has 1 atom stereocenters. The molecule has 5 nitrogen and oxygen atoms in total. The van der Waals surface area contributed by atoms with E-state index < -0.39 is 11.3 Å². The minimum Gasteiger partial charge on any atom is -0.506 e. The Kier molecular flexibility index (Phi) is 7.18. The molecule has 4 aromatic carbocycles. The van der Waals surface area contributed by atoms with E-state index in [2.05, 4.69) is 41.3 Å². The van der Waals surface area contributed by atoms with Gasteiger partial charge in [-0.2, -0.15) is 0 Å². The number of ketones is 1. The number of carbonyl (C=O) groups excluding carboxylic acids is 1. The summed E-state index contributed by atoms with van der Waals surface area (Å²) < 4.78 is 1.40. The Labute approximate surface area is 221 Å².